The zero-order valence-electron chi connectivity index (χ0n) is 17.5. The molecule has 0 saturated carbocycles. The molecule has 0 aliphatic carbocycles. The fourth-order valence-corrected chi connectivity index (χ4v) is 4.63. The Kier molecular flexibility index (Phi) is 7.50. The van der Waals surface area contributed by atoms with Crippen LogP contribution in [0.4, 0.5) is 5.69 Å². The van der Waals surface area contributed by atoms with Crippen molar-refractivity contribution in [1.82, 2.24) is 5.43 Å². The van der Waals surface area contributed by atoms with E-state index in [0.717, 1.165) is 15.4 Å². The highest BCUT2D eigenvalue weighted by Gasteiger charge is 2.27. The highest BCUT2D eigenvalue weighted by molar-refractivity contribution is 7.92. The van der Waals surface area contributed by atoms with Gasteiger partial charge in [0, 0.05) is 0 Å². The van der Waals surface area contributed by atoms with Crippen molar-refractivity contribution in [3.8, 4) is 5.75 Å². The molecule has 3 aromatic rings. The number of halogens is 1. The summed E-state index contributed by atoms with van der Waals surface area (Å²) >= 11 is 6.20. The molecule has 3 rings (SSSR count). The second kappa shape index (κ2) is 10.3. The summed E-state index contributed by atoms with van der Waals surface area (Å²) in [4.78, 5) is 12.6. The molecule has 0 aliphatic rings. The molecule has 3 aromatic carbocycles. The molecule has 0 bridgehead atoms. The smallest absolute Gasteiger partial charge is 0.264 e. The number of benzene rings is 3. The largest absolute Gasteiger partial charge is 0.495 e. The molecular formula is C23H22ClN3O4S. The Morgan fingerprint density at radius 1 is 1.09 bits per heavy atom. The maximum atomic E-state index is 13.3. The number of sulfonamides is 1. The Labute approximate surface area is 192 Å². The summed E-state index contributed by atoms with van der Waals surface area (Å²) in [5.74, 6) is -0.222. The van der Waals surface area contributed by atoms with Gasteiger partial charge in [-0.3, -0.25) is 9.10 Å². The van der Waals surface area contributed by atoms with Gasteiger partial charge in [-0.2, -0.15) is 5.10 Å². The zero-order valence-corrected chi connectivity index (χ0v) is 19.1. The highest BCUT2D eigenvalue weighted by atomic mass is 35.5. The lowest BCUT2D eigenvalue weighted by Gasteiger charge is -2.24. The molecule has 1 N–H and O–H groups in total. The maximum Gasteiger partial charge on any atom is 0.264 e. The average Bonchev–Trinajstić information content (AvgIpc) is 2.78. The van der Waals surface area contributed by atoms with Crippen molar-refractivity contribution in [3.63, 3.8) is 0 Å². The number of ether oxygens (including phenoxy) is 1. The summed E-state index contributed by atoms with van der Waals surface area (Å²) in [6, 6.07) is 19.9. The molecule has 0 aliphatic heterocycles. The van der Waals surface area contributed by atoms with Crippen LogP contribution in [-0.4, -0.2) is 34.2 Å². The number of methoxy groups -OCH3 is 1. The maximum absolute atomic E-state index is 13.3. The van der Waals surface area contributed by atoms with E-state index in [4.69, 9.17) is 16.3 Å². The van der Waals surface area contributed by atoms with E-state index in [1.54, 1.807) is 24.3 Å². The second-order valence-corrected chi connectivity index (χ2v) is 9.12. The van der Waals surface area contributed by atoms with Gasteiger partial charge in [-0.05, 0) is 42.8 Å². The van der Waals surface area contributed by atoms with Gasteiger partial charge >= 0.3 is 0 Å². The first kappa shape index (κ1) is 23.3. The molecule has 0 aromatic heterocycles. The van der Waals surface area contributed by atoms with E-state index in [2.05, 4.69) is 10.5 Å². The molecule has 0 atom stereocenters. The van der Waals surface area contributed by atoms with Crippen LogP contribution in [0.3, 0.4) is 0 Å². The first-order chi connectivity index (χ1) is 15.3. The van der Waals surface area contributed by atoms with Crippen LogP contribution in [0.25, 0.3) is 0 Å². The number of hydrazone groups is 1. The molecule has 7 nitrogen and oxygen atoms in total. The van der Waals surface area contributed by atoms with E-state index in [1.165, 1.54) is 37.6 Å². The van der Waals surface area contributed by atoms with E-state index >= 15 is 0 Å². The van der Waals surface area contributed by atoms with Gasteiger partial charge in [0.2, 0.25) is 0 Å². The van der Waals surface area contributed by atoms with Gasteiger partial charge in [0.05, 0.1) is 28.9 Å². The Balaban J connectivity index is 1.87. The molecule has 32 heavy (non-hydrogen) atoms. The van der Waals surface area contributed by atoms with Crippen molar-refractivity contribution in [1.29, 1.82) is 0 Å². The normalized spacial score (nSPS) is 11.3. The molecular weight excluding hydrogens is 450 g/mol. The van der Waals surface area contributed by atoms with Crippen LogP contribution in [0.2, 0.25) is 5.02 Å². The summed E-state index contributed by atoms with van der Waals surface area (Å²) in [5.41, 5.74) is 4.46. The standard InChI is InChI=1S/C23H22ClN3O4S/c1-17-7-6-8-18(13-17)15-25-26-23(28)16-27(19-11-12-22(31-2)21(24)14-19)32(29,30)20-9-4-3-5-10-20/h3-15H,16H2,1-2H3,(H,26,28)/b25-15-. The average molecular weight is 472 g/mol. The number of hydrogen-bond acceptors (Lipinski definition) is 5. The van der Waals surface area contributed by atoms with E-state index in [9.17, 15) is 13.2 Å². The van der Waals surface area contributed by atoms with E-state index in [0.29, 0.717) is 5.75 Å². The minimum atomic E-state index is -4.05. The Bertz CT molecular complexity index is 1230. The topological polar surface area (TPSA) is 88.1 Å². The summed E-state index contributed by atoms with van der Waals surface area (Å²) in [7, 11) is -2.59. The van der Waals surface area contributed by atoms with Crippen LogP contribution < -0.4 is 14.5 Å². The number of nitrogens with zero attached hydrogens (tertiary/aromatic N) is 2. The Hall–Kier alpha value is -3.36. The molecule has 0 heterocycles. The van der Waals surface area contributed by atoms with Gasteiger partial charge in [0.25, 0.3) is 15.9 Å². The molecule has 9 heteroatoms. The first-order valence-corrected chi connectivity index (χ1v) is 11.4. The van der Waals surface area contributed by atoms with E-state index < -0.39 is 22.5 Å². The number of anilines is 1. The van der Waals surface area contributed by atoms with Crippen molar-refractivity contribution in [2.45, 2.75) is 11.8 Å². The van der Waals surface area contributed by atoms with Gasteiger partial charge in [-0.15, -0.1) is 0 Å². The molecule has 1 amide bonds. The molecule has 0 radical (unpaired) electrons. The molecule has 166 valence electrons. The fraction of sp³-hybridized carbons (Fsp3) is 0.130. The molecule has 0 unspecified atom stereocenters. The van der Waals surface area contributed by atoms with Crippen LogP contribution in [0.1, 0.15) is 11.1 Å². The lowest BCUT2D eigenvalue weighted by Crippen LogP contribution is -2.39. The van der Waals surface area contributed by atoms with E-state index in [1.807, 2.05) is 31.2 Å². The van der Waals surface area contributed by atoms with Crippen molar-refractivity contribution >= 4 is 39.4 Å². The molecule has 0 saturated heterocycles. The van der Waals surface area contributed by atoms with Crippen LogP contribution in [0, 0.1) is 6.92 Å². The third-order valence-electron chi connectivity index (χ3n) is 4.49. The van der Waals surface area contributed by atoms with E-state index in [-0.39, 0.29) is 15.6 Å². The lowest BCUT2D eigenvalue weighted by atomic mass is 10.2. The summed E-state index contributed by atoms with van der Waals surface area (Å²) < 4.78 is 32.7. The number of amides is 1. The van der Waals surface area contributed by atoms with Crippen LogP contribution >= 0.6 is 11.6 Å². The second-order valence-electron chi connectivity index (χ2n) is 6.85. The van der Waals surface area contributed by atoms with Gasteiger partial charge in [-0.1, -0.05) is 59.6 Å². The van der Waals surface area contributed by atoms with Crippen LogP contribution in [0.15, 0.2) is 82.8 Å². The molecule has 0 fully saturated rings. The van der Waals surface area contributed by atoms with Crippen molar-refractivity contribution in [3.05, 3.63) is 88.9 Å². The number of aryl methyl sites for hydroxylation is 1. The van der Waals surface area contributed by atoms with Gasteiger partial charge in [0.1, 0.15) is 12.3 Å². The SMILES string of the molecule is COc1ccc(N(CC(=O)N/N=C\c2cccc(C)c2)S(=O)(=O)c2ccccc2)cc1Cl. The van der Waals surface area contributed by atoms with Gasteiger partial charge in [0.15, 0.2) is 0 Å². The minimum Gasteiger partial charge on any atom is -0.495 e. The summed E-state index contributed by atoms with van der Waals surface area (Å²) in [6.07, 6.45) is 1.49. The third kappa shape index (κ3) is 5.66. The zero-order chi connectivity index (χ0) is 23.1. The lowest BCUT2D eigenvalue weighted by molar-refractivity contribution is -0.119. The Morgan fingerprint density at radius 2 is 1.84 bits per heavy atom. The number of nitrogens with one attached hydrogen (secondary N) is 1. The summed E-state index contributed by atoms with van der Waals surface area (Å²) in [5, 5.41) is 4.16. The number of rotatable bonds is 8. The summed E-state index contributed by atoms with van der Waals surface area (Å²) in [6.45, 7) is 1.45. The highest BCUT2D eigenvalue weighted by Crippen LogP contribution is 2.31. The monoisotopic (exact) mass is 471 g/mol. The van der Waals surface area contributed by atoms with Crippen LogP contribution in [0.5, 0.6) is 5.75 Å². The predicted molar refractivity (Wildman–Crippen MR) is 126 cm³/mol. The quantitative estimate of drug-likeness (QED) is 0.397. The number of hydrogen-bond donors (Lipinski definition) is 1. The fourth-order valence-electron chi connectivity index (χ4n) is 2.94. The van der Waals surface area contributed by atoms with Crippen molar-refractivity contribution in [2.75, 3.05) is 18.0 Å². The van der Waals surface area contributed by atoms with Crippen LogP contribution in [-0.2, 0) is 14.8 Å². The number of carbonyl (C=O) groups is 1. The van der Waals surface area contributed by atoms with Crippen molar-refractivity contribution < 1.29 is 17.9 Å². The number of carbonyl (C=O) groups excluding carboxylic acids is 1. The third-order valence-corrected chi connectivity index (χ3v) is 6.57. The van der Waals surface area contributed by atoms with Gasteiger partial charge < -0.3 is 4.74 Å². The van der Waals surface area contributed by atoms with Gasteiger partial charge in [-0.25, -0.2) is 13.8 Å². The molecule has 0 spiro atoms. The first-order valence-electron chi connectivity index (χ1n) is 9.61. The Morgan fingerprint density at radius 3 is 2.50 bits per heavy atom. The minimum absolute atomic E-state index is 0.0444. The van der Waals surface area contributed by atoms with Crippen molar-refractivity contribution in [2.24, 2.45) is 5.10 Å². The predicted octanol–water partition coefficient (Wildman–Crippen LogP) is 4.00.